The summed E-state index contributed by atoms with van der Waals surface area (Å²) in [6.45, 7) is 0. The highest BCUT2D eigenvalue weighted by Gasteiger charge is 2.26. The standard InChI is InChI=1S/C18H18N2O/c21-18(20-15-10-5-2-6-11-15)16-12-7-13-17(16)19-14-8-3-1-4-9-14/h1-6,8-11,13,16,19H,7,12H2,(H,20,21). The van der Waals surface area contributed by atoms with Crippen LogP contribution in [0.5, 0.6) is 0 Å². The van der Waals surface area contributed by atoms with E-state index in [2.05, 4.69) is 16.7 Å². The minimum absolute atomic E-state index is 0.0494. The summed E-state index contributed by atoms with van der Waals surface area (Å²) < 4.78 is 0. The smallest absolute Gasteiger partial charge is 0.233 e. The SMILES string of the molecule is O=C(Nc1ccccc1)C1CCC=C1Nc1ccccc1. The van der Waals surface area contributed by atoms with Crippen molar-refractivity contribution in [2.24, 2.45) is 5.92 Å². The van der Waals surface area contributed by atoms with Crippen LogP contribution in [0.15, 0.2) is 72.4 Å². The Bertz CT molecular complexity index is 635. The number of allylic oxidation sites excluding steroid dienone is 1. The number of anilines is 2. The number of para-hydroxylation sites is 2. The van der Waals surface area contributed by atoms with Crippen LogP contribution < -0.4 is 10.6 Å². The van der Waals surface area contributed by atoms with Crippen molar-refractivity contribution < 1.29 is 4.79 Å². The fourth-order valence-corrected chi connectivity index (χ4v) is 2.55. The highest BCUT2D eigenvalue weighted by atomic mass is 16.1. The van der Waals surface area contributed by atoms with Crippen LogP contribution >= 0.6 is 0 Å². The molecule has 2 aromatic carbocycles. The summed E-state index contributed by atoms with van der Waals surface area (Å²) in [6, 6.07) is 19.5. The first-order chi connectivity index (χ1) is 10.3. The first-order valence-electron chi connectivity index (χ1n) is 7.21. The molecule has 0 spiro atoms. The van der Waals surface area contributed by atoms with E-state index in [1.165, 1.54) is 0 Å². The average molecular weight is 278 g/mol. The van der Waals surface area contributed by atoms with Gasteiger partial charge in [-0.05, 0) is 37.1 Å². The summed E-state index contributed by atoms with van der Waals surface area (Å²) >= 11 is 0. The van der Waals surface area contributed by atoms with Gasteiger partial charge in [0.2, 0.25) is 5.91 Å². The normalized spacial score (nSPS) is 17.1. The van der Waals surface area contributed by atoms with Crippen molar-refractivity contribution in [2.45, 2.75) is 12.8 Å². The fraction of sp³-hybridized carbons (Fsp3) is 0.167. The van der Waals surface area contributed by atoms with Gasteiger partial charge in [-0.1, -0.05) is 42.5 Å². The molecule has 3 heteroatoms. The first-order valence-corrected chi connectivity index (χ1v) is 7.21. The molecule has 0 radical (unpaired) electrons. The van der Waals surface area contributed by atoms with Gasteiger partial charge in [-0.15, -0.1) is 0 Å². The van der Waals surface area contributed by atoms with Crippen LogP contribution in [0.4, 0.5) is 11.4 Å². The van der Waals surface area contributed by atoms with Crippen molar-refractivity contribution >= 4 is 17.3 Å². The van der Waals surface area contributed by atoms with E-state index < -0.39 is 0 Å². The maximum atomic E-state index is 12.4. The zero-order valence-corrected chi connectivity index (χ0v) is 11.8. The molecule has 0 bridgehead atoms. The van der Waals surface area contributed by atoms with Crippen LogP contribution in [0.3, 0.4) is 0 Å². The van der Waals surface area contributed by atoms with Gasteiger partial charge in [-0.25, -0.2) is 0 Å². The lowest BCUT2D eigenvalue weighted by atomic mass is 10.1. The van der Waals surface area contributed by atoms with E-state index in [1.54, 1.807) is 0 Å². The third kappa shape index (κ3) is 3.31. The van der Waals surface area contributed by atoms with Crippen LogP contribution in [0.1, 0.15) is 12.8 Å². The minimum Gasteiger partial charge on any atom is -0.358 e. The number of benzene rings is 2. The molecule has 0 aromatic heterocycles. The predicted octanol–water partition coefficient (Wildman–Crippen LogP) is 4.03. The highest BCUT2D eigenvalue weighted by Crippen LogP contribution is 2.28. The molecule has 21 heavy (non-hydrogen) atoms. The molecule has 2 aromatic rings. The minimum atomic E-state index is -0.106. The van der Waals surface area contributed by atoms with Gasteiger partial charge in [0.25, 0.3) is 0 Å². The summed E-state index contributed by atoms with van der Waals surface area (Å²) in [5, 5.41) is 6.34. The second kappa shape index (κ2) is 6.27. The van der Waals surface area contributed by atoms with Crippen LogP contribution in [0, 0.1) is 5.92 Å². The molecule has 0 aliphatic heterocycles. The second-order valence-corrected chi connectivity index (χ2v) is 5.14. The Morgan fingerprint density at radius 1 is 0.905 bits per heavy atom. The van der Waals surface area contributed by atoms with Gasteiger partial charge >= 0.3 is 0 Å². The zero-order chi connectivity index (χ0) is 14.5. The second-order valence-electron chi connectivity index (χ2n) is 5.14. The van der Waals surface area contributed by atoms with Crippen molar-refractivity contribution in [1.82, 2.24) is 0 Å². The number of amides is 1. The maximum absolute atomic E-state index is 12.4. The molecule has 3 nitrogen and oxygen atoms in total. The summed E-state index contributed by atoms with van der Waals surface area (Å²) in [6.07, 6.45) is 3.90. The molecule has 0 fully saturated rings. The number of hydrogen-bond acceptors (Lipinski definition) is 2. The van der Waals surface area contributed by atoms with Crippen molar-refractivity contribution in [3.63, 3.8) is 0 Å². The van der Waals surface area contributed by atoms with Gasteiger partial charge in [-0.3, -0.25) is 4.79 Å². The largest absolute Gasteiger partial charge is 0.358 e. The molecule has 106 valence electrons. The van der Waals surface area contributed by atoms with E-state index in [9.17, 15) is 4.79 Å². The lowest BCUT2D eigenvalue weighted by molar-refractivity contribution is -0.118. The van der Waals surface area contributed by atoms with Gasteiger partial charge in [0.1, 0.15) is 0 Å². The predicted molar refractivity (Wildman–Crippen MR) is 85.9 cm³/mol. The number of carbonyl (C=O) groups is 1. The van der Waals surface area contributed by atoms with E-state index in [4.69, 9.17) is 0 Å². The molecule has 0 saturated carbocycles. The molecule has 1 amide bonds. The third-order valence-electron chi connectivity index (χ3n) is 3.62. The zero-order valence-electron chi connectivity index (χ0n) is 11.8. The Balaban J connectivity index is 1.67. The molecular formula is C18H18N2O. The van der Waals surface area contributed by atoms with E-state index in [-0.39, 0.29) is 11.8 Å². The van der Waals surface area contributed by atoms with Crippen molar-refractivity contribution in [2.75, 3.05) is 10.6 Å². The van der Waals surface area contributed by atoms with Gasteiger partial charge in [0.15, 0.2) is 0 Å². The Morgan fingerprint density at radius 3 is 2.19 bits per heavy atom. The number of nitrogens with one attached hydrogen (secondary N) is 2. The molecule has 2 N–H and O–H groups in total. The number of hydrogen-bond donors (Lipinski definition) is 2. The first kappa shape index (κ1) is 13.4. The summed E-state index contributed by atoms with van der Waals surface area (Å²) in [4.78, 5) is 12.4. The molecular weight excluding hydrogens is 260 g/mol. The molecule has 3 rings (SSSR count). The Kier molecular flexibility index (Phi) is 4.01. The van der Waals surface area contributed by atoms with Crippen molar-refractivity contribution in [3.05, 3.63) is 72.4 Å². The van der Waals surface area contributed by atoms with Gasteiger partial charge in [-0.2, -0.15) is 0 Å². The molecule has 1 aliphatic carbocycles. The quantitative estimate of drug-likeness (QED) is 0.886. The topological polar surface area (TPSA) is 41.1 Å². The van der Waals surface area contributed by atoms with Crippen LogP contribution in [0.2, 0.25) is 0 Å². The molecule has 1 atom stereocenters. The highest BCUT2D eigenvalue weighted by molar-refractivity contribution is 5.95. The van der Waals surface area contributed by atoms with Crippen molar-refractivity contribution in [3.8, 4) is 0 Å². The Morgan fingerprint density at radius 2 is 1.52 bits per heavy atom. The summed E-state index contributed by atoms with van der Waals surface area (Å²) in [5.74, 6) is -0.0567. The van der Waals surface area contributed by atoms with Gasteiger partial charge in [0.05, 0.1) is 5.92 Å². The van der Waals surface area contributed by atoms with E-state index in [1.807, 2.05) is 60.7 Å². The van der Waals surface area contributed by atoms with E-state index in [0.29, 0.717) is 0 Å². The number of rotatable bonds is 4. The monoisotopic (exact) mass is 278 g/mol. The summed E-state index contributed by atoms with van der Waals surface area (Å²) in [7, 11) is 0. The van der Waals surface area contributed by atoms with Gasteiger partial charge in [0, 0.05) is 17.1 Å². The maximum Gasteiger partial charge on any atom is 0.233 e. The fourth-order valence-electron chi connectivity index (χ4n) is 2.55. The average Bonchev–Trinajstić information content (AvgIpc) is 2.97. The van der Waals surface area contributed by atoms with E-state index in [0.717, 1.165) is 29.9 Å². The Hall–Kier alpha value is -2.55. The Labute approximate surface area is 124 Å². The summed E-state index contributed by atoms with van der Waals surface area (Å²) in [5.41, 5.74) is 2.85. The molecule has 0 heterocycles. The third-order valence-corrected chi connectivity index (χ3v) is 3.62. The van der Waals surface area contributed by atoms with E-state index >= 15 is 0 Å². The molecule has 1 aliphatic rings. The van der Waals surface area contributed by atoms with Crippen LogP contribution in [-0.2, 0) is 4.79 Å². The van der Waals surface area contributed by atoms with Gasteiger partial charge < -0.3 is 10.6 Å². The lowest BCUT2D eigenvalue weighted by Crippen LogP contribution is -2.25. The molecule has 1 unspecified atom stereocenters. The van der Waals surface area contributed by atoms with Crippen LogP contribution in [0.25, 0.3) is 0 Å². The van der Waals surface area contributed by atoms with Crippen molar-refractivity contribution in [1.29, 1.82) is 0 Å². The van der Waals surface area contributed by atoms with Crippen LogP contribution in [-0.4, -0.2) is 5.91 Å². The number of carbonyl (C=O) groups excluding carboxylic acids is 1. The lowest BCUT2D eigenvalue weighted by Gasteiger charge is -2.17. The molecule has 0 saturated heterocycles.